The summed E-state index contributed by atoms with van der Waals surface area (Å²) in [7, 11) is 0. The average molecular weight is 561 g/mol. The Kier molecular flexibility index (Phi) is 5.54. The molecule has 0 aliphatic rings. The molecule has 0 amide bonds. The third kappa shape index (κ3) is 3.75. The molecule has 0 saturated heterocycles. The van der Waals surface area contributed by atoms with E-state index in [1.54, 1.807) is 0 Å². The van der Waals surface area contributed by atoms with Crippen molar-refractivity contribution < 1.29 is 0 Å². The highest BCUT2D eigenvalue weighted by Crippen LogP contribution is 2.39. The van der Waals surface area contributed by atoms with E-state index in [0.29, 0.717) is 0 Å². The van der Waals surface area contributed by atoms with E-state index in [4.69, 9.17) is 0 Å². The van der Waals surface area contributed by atoms with Gasteiger partial charge in [0.15, 0.2) is 0 Å². The summed E-state index contributed by atoms with van der Waals surface area (Å²) in [6, 6.07) is 61.5. The van der Waals surface area contributed by atoms with Gasteiger partial charge in [-0.05, 0) is 64.7 Å². The van der Waals surface area contributed by atoms with E-state index in [1.807, 2.05) is 0 Å². The first-order valence-corrected chi connectivity index (χ1v) is 15.1. The summed E-state index contributed by atoms with van der Waals surface area (Å²) in [5.74, 6) is 0. The smallest absolute Gasteiger partial charge is 0.0703 e. The van der Waals surface area contributed by atoms with Crippen LogP contribution in [-0.2, 0) is 0 Å². The molecule has 44 heavy (non-hydrogen) atoms. The van der Waals surface area contributed by atoms with Gasteiger partial charge in [-0.15, -0.1) is 0 Å². The van der Waals surface area contributed by atoms with Gasteiger partial charge in [0.05, 0.1) is 27.6 Å². The van der Waals surface area contributed by atoms with Gasteiger partial charge in [-0.2, -0.15) is 0 Å². The van der Waals surface area contributed by atoms with E-state index in [9.17, 15) is 0 Å². The Hall–Kier alpha value is -5.86. The maximum Gasteiger partial charge on any atom is 0.0703 e. The van der Waals surface area contributed by atoms with Gasteiger partial charge in [0.25, 0.3) is 0 Å². The predicted octanol–water partition coefficient (Wildman–Crippen LogP) is 11.2. The lowest BCUT2D eigenvalue weighted by Gasteiger charge is -2.16. The van der Waals surface area contributed by atoms with Crippen molar-refractivity contribution in [1.82, 2.24) is 8.97 Å². The highest BCUT2D eigenvalue weighted by Gasteiger charge is 2.17. The molecular formula is C42H28N2. The minimum absolute atomic E-state index is 1.14. The first-order chi connectivity index (χ1) is 21.8. The number of para-hydroxylation sites is 5. The Morgan fingerprint density at radius 3 is 1.57 bits per heavy atom. The lowest BCUT2D eigenvalue weighted by atomic mass is 9.99. The van der Waals surface area contributed by atoms with E-state index in [0.717, 1.165) is 11.2 Å². The second-order valence-corrected chi connectivity index (χ2v) is 11.4. The van der Waals surface area contributed by atoms with Crippen molar-refractivity contribution in [1.29, 1.82) is 0 Å². The molecule has 0 aliphatic heterocycles. The number of benzene rings is 7. The van der Waals surface area contributed by atoms with Gasteiger partial charge in [0, 0.05) is 27.2 Å². The van der Waals surface area contributed by atoms with Crippen molar-refractivity contribution >= 4 is 49.1 Å². The molecule has 2 heteroatoms. The van der Waals surface area contributed by atoms with Crippen LogP contribution in [0.1, 0.15) is 0 Å². The molecule has 9 aromatic rings. The summed E-state index contributed by atoms with van der Waals surface area (Å²) in [6.07, 6.45) is 0. The van der Waals surface area contributed by atoms with Crippen molar-refractivity contribution in [3.63, 3.8) is 0 Å². The van der Waals surface area contributed by atoms with Crippen LogP contribution in [0.3, 0.4) is 0 Å². The fraction of sp³-hybridized carbons (Fsp3) is 0. The summed E-state index contributed by atoms with van der Waals surface area (Å²) < 4.78 is 4.88. The maximum absolute atomic E-state index is 2.48. The van der Waals surface area contributed by atoms with Crippen molar-refractivity contribution in [2.45, 2.75) is 0 Å². The van der Waals surface area contributed by atoms with Crippen LogP contribution in [0, 0.1) is 0 Å². The molecule has 9 rings (SSSR count). The zero-order chi connectivity index (χ0) is 29.0. The lowest BCUT2D eigenvalue weighted by Crippen LogP contribution is -2.00. The highest BCUT2D eigenvalue weighted by molar-refractivity contribution is 6.20. The first-order valence-electron chi connectivity index (χ1n) is 15.1. The minimum Gasteiger partial charge on any atom is -0.308 e. The normalized spacial score (nSPS) is 11.6. The van der Waals surface area contributed by atoms with Gasteiger partial charge in [-0.25, -0.2) is 0 Å². The van der Waals surface area contributed by atoms with E-state index in [1.165, 1.54) is 65.9 Å². The molecule has 0 N–H and O–H groups in total. The number of rotatable bonds is 3. The summed E-state index contributed by atoms with van der Waals surface area (Å²) in [4.78, 5) is 0. The average Bonchev–Trinajstić information content (AvgIpc) is 3.43. The summed E-state index contributed by atoms with van der Waals surface area (Å²) in [5, 5.41) is 4.97. The van der Waals surface area contributed by atoms with Crippen molar-refractivity contribution in [3.8, 4) is 27.9 Å². The number of aromatic nitrogens is 2. The summed E-state index contributed by atoms with van der Waals surface area (Å²) in [5.41, 5.74) is 12.0. The third-order valence-corrected chi connectivity index (χ3v) is 8.93. The topological polar surface area (TPSA) is 9.34 Å². The van der Waals surface area contributed by atoms with Crippen LogP contribution >= 0.6 is 0 Å². The van der Waals surface area contributed by atoms with Crippen LogP contribution in [0.2, 0.25) is 0 Å². The van der Waals surface area contributed by atoms with Gasteiger partial charge < -0.3 is 8.97 Å². The first kappa shape index (κ1) is 24.7. The second kappa shape index (κ2) is 9.86. The molecule has 0 fully saturated rings. The molecule has 7 aromatic carbocycles. The number of hydrogen-bond donors (Lipinski definition) is 0. The molecule has 0 saturated carbocycles. The van der Waals surface area contributed by atoms with Gasteiger partial charge in [-0.3, -0.25) is 0 Å². The third-order valence-electron chi connectivity index (χ3n) is 8.93. The van der Waals surface area contributed by atoms with Crippen molar-refractivity contribution in [2.75, 3.05) is 0 Å². The Labute approximate surface area is 255 Å². The molecule has 0 radical (unpaired) electrons. The van der Waals surface area contributed by atoms with Gasteiger partial charge >= 0.3 is 0 Å². The van der Waals surface area contributed by atoms with Crippen LogP contribution in [0.4, 0.5) is 0 Å². The summed E-state index contributed by atoms with van der Waals surface area (Å²) >= 11 is 0. The zero-order valence-electron chi connectivity index (χ0n) is 24.1. The largest absolute Gasteiger partial charge is 0.308 e. The summed E-state index contributed by atoms with van der Waals surface area (Å²) in [6.45, 7) is 0. The fourth-order valence-corrected chi connectivity index (χ4v) is 6.93. The highest BCUT2D eigenvalue weighted by atomic mass is 15.0. The standard InChI is InChI=1S/C42H28N2/c1-3-12-29(13-4-1)30-22-24-31(25-23-30)32-26-27-39-37(28-32)36-18-11-17-35-34-16-7-8-19-38(34)43(33-14-5-2-6-15-33)40-20-9-10-21-41(40)44(39)42(35)36/h1-28H. The van der Waals surface area contributed by atoms with Crippen LogP contribution in [0.25, 0.3) is 77.1 Å². The van der Waals surface area contributed by atoms with E-state index in [-0.39, 0.29) is 0 Å². The monoisotopic (exact) mass is 560 g/mol. The second-order valence-electron chi connectivity index (χ2n) is 11.4. The molecule has 0 spiro atoms. The molecular weight excluding hydrogens is 532 g/mol. The van der Waals surface area contributed by atoms with Crippen LogP contribution in [0.15, 0.2) is 170 Å². The molecule has 0 aliphatic carbocycles. The van der Waals surface area contributed by atoms with Gasteiger partial charge in [-0.1, -0.05) is 127 Å². The van der Waals surface area contributed by atoms with Crippen LogP contribution in [-0.4, -0.2) is 8.97 Å². The zero-order valence-corrected chi connectivity index (χ0v) is 24.1. The Balaban J connectivity index is 1.39. The Morgan fingerprint density at radius 1 is 0.295 bits per heavy atom. The molecule has 206 valence electrons. The molecule has 0 bridgehead atoms. The van der Waals surface area contributed by atoms with Crippen LogP contribution in [0.5, 0.6) is 0 Å². The number of fused-ring (bicyclic) bond motifs is 7. The van der Waals surface area contributed by atoms with E-state index < -0.39 is 0 Å². The van der Waals surface area contributed by atoms with E-state index >= 15 is 0 Å². The minimum atomic E-state index is 1.14. The fourth-order valence-electron chi connectivity index (χ4n) is 6.93. The quantitative estimate of drug-likeness (QED) is 0.203. The van der Waals surface area contributed by atoms with Gasteiger partial charge in [0.2, 0.25) is 0 Å². The molecule has 2 nitrogen and oxygen atoms in total. The Bertz CT molecular complexity index is 2520. The maximum atomic E-state index is 2.48. The lowest BCUT2D eigenvalue weighted by molar-refractivity contribution is 1.16. The SMILES string of the molecule is c1ccc(-c2ccc(-c3ccc4c(c3)c3cccc5c6ccccc6n(-c6ccccc6)c6ccccc6n4c53)cc2)cc1. The molecule has 2 aromatic heterocycles. The number of nitrogens with zero attached hydrogens (tertiary/aromatic N) is 2. The van der Waals surface area contributed by atoms with Gasteiger partial charge in [0.1, 0.15) is 0 Å². The van der Waals surface area contributed by atoms with Crippen LogP contribution < -0.4 is 0 Å². The molecule has 0 unspecified atom stereocenters. The predicted molar refractivity (Wildman–Crippen MR) is 186 cm³/mol. The van der Waals surface area contributed by atoms with Crippen molar-refractivity contribution in [2.24, 2.45) is 0 Å². The number of hydrogen-bond acceptors (Lipinski definition) is 0. The molecule has 2 heterocycles. The Morgan fingerprint density at radius 2 is 0.818 bits per heavy atom. The molecule has 0 atom stereocenters. The van der Waals surface area contributed by atoms with E-state index in [2.05, 4.69) is 179 Å². The van der Waals surface area contributed by atoms with Crippen molar-refractivity contribution in [3.05, 3.63) is 170 Å².